The van der Waals surface area contributed by atoms with Crippen LogP contribution in [0.25, 0.3) is 21.8 Å². The molecule has 4 rings (SSSR count). The number of nitrogens with one attached hydrogen (secondary N) is 2. The molecule has 2 N–H and O–H groups in total. The third-order valence-corrected chi connectivity index (χ3v) is 4.25. The molecule has 4 heterocycles. The summed E-state index contributed by atoms with van der Waals surface area (Å²) in [4.78, 5) is 20.6. The summed E-state index contributed by atoms with van der Waals surface area (Å²) in [7, 11) is 0. The van der Waals surface area contributed by atoms with E-state index in [0.29, 0.717) is 17.5 Å². The number of carbonyl (C=O) groups is 1. The van der Waals surface area contributed by atoms with Gasteiger partial charge in [-0.2, -0.15) is 5.10 Å². The molecule has 0 aromatic carbocycles. The van der Waals surface area contributed by atoms with Crippen molar-refractivity contribution in [2.24, 2.45) is 0 Å². The Labute approximate surface area is 129 Å². The highest BCUT2D eigenvalue weighted by Gasteiger charge is 2.28. The zero-order valence-electron chi connectivity index (χ0n) is 11.6. The van der Waals surface area contributed by atoms with Crippen LogP contribution < -0.4 is 10.1 Å². The molecule has 22 heavy (non-hydrogen) atoms. The summed E-state index contributed by atoms with van der Waals surface area (Å²) >= 11 is 1.40. The molecule has 1 aliphatic heterocycles. The van der Waals surface area contributed by atoms with E-state index < -0.39 is 0 Å². The van der Waals surface area contributed by atoms with Gasteiger partial charge in [-0.1, -0.05) is 11.3 Å². The SMILES string of the molecule is CC(=O)Nc1nc2c(s1)-c1[nH]nc(-c3cccnc3)c1OC2. The first-order valence-electron chi connectivity index (χ1n) is 6.61. The highest BCUT2D eigenvalue weighted by Crippen LogP contribution is 2.45. The van der Waals surface area contributed by atoms with Crippen molar-refractivity contribution < 1.29 is 9.53 Å². The van der Waals surface area contributed by atoms with Gasteiger partial charge in [0, 0.05) is 24.9 Å². The van der Waals surface area contributed by atoms with E-state index in [9.17, 15) is 4.79 Å². The molecule has 0 saturated carbocycles. The van der Waals surface area contributed by atoms with E-state index in [4.69, 9.17) is 4.74 Å². The van der Waals surface area contributed by atoms with Crippen molar-refractivity contribution in [1.82, 2.24) is 20.2 Å². The number of hydrogen-bond donors (Lipinski definition) is 2. The highest BCUT2D eigenvalue weighted by atomic mass is 32.1. The van der Waals surface area contributed by atoms with Gasteiger partial charge in [0.05, 0.1) is 4.88 Å². The fourth-order valence-corrected chi connectivity index (χ4v) is 3.32. The minimum absolute atomic E-state index is 0.145. The molecule has 1 aliphatic rings. The lowest BCUT2D eigenvalue weighted by Crippen LogP contribution is -2.06. The zero-order chi connectivity index (χ0) is 15.1. The first-order chi connectivity index (χ1) is 10.7. The normalized spacial score (nSPS) is 12.2. The number of thiazole rings is 1. The van der Waals surface area contributed by atoms with Crippen molar-refractivity contribution in [3.63, 3.8) is 0 Å². The van der Waals surface area contributed by atoms with Gasteiger partial charge in [-0.3, -0.25) is 14.9 Å². The number of amides is 1. The van der Waals surface area contributed by atoms with Crippen LogP contribution in [0.1, 0.15) is 12.6 Å². The summed E-state index contributed by atoms with van der Waals surface area (Å²) in [5, 5.41) is 10.6. The summed E-state index contributed by atoms with van der Waals surface area (Å²) in [6.45, 7) is 1.81. The molecule has 0 aliphatic carbocycles. The highest BCUT2D eigenvalue weighted by molar-refractivity contribution is 7.19. The largest absolute Gasteiger partial charge is 0.483 e. The molecule has 8 heteroatoms. The number of hydrogen-bond acceptors (Lipinski definition) is 6. The molecule has 3 aromatic rings. The average molecular weight is 313 g/mol. The van der Waals surface area contributed by atoms with Crippen LogP contribution >= 0.6 is 11.3 Å². The Hall–Kier alpha value is -2.74. The first-order valence-corrected chi connectivity index (χ1v) is 7.43. The number of aromatic amines is 1. The van der Waals surface area contributed by atoms with Crippen molar-refractivity contribution in [2.45, 2.75) is 13.5 Å². The van der Waals surface area contributed by atoms with Crippen molar-refractivity contribution in [3.05, 3.63) is 30.2 Å². The lowest BCUT2D eigenvalue weighted by atomic mass is 10.1. The molecule has 0 radical (unpaired) electrons. The maximum Gasteiger partial charge on any atom is 0.223 e. The molecular weight excluding hydrogens is 302 g/mol. The van der Waals surface area contributed by atoms with Gasteiger partial charge < -0.3 is 10.1 Å². The Bertz CT molecular complexity index is 856. The van der Waals surface area contributed by atoms with E-state index in [-0.39, 0.29) is 5.91 Å². The van der Waals surface area contributed by atoms with Crippen LogP contribution in [0.2, 0.25) is 0 Å². The molecule has 3 aromatic heterocycles. The smallest absolute Gasteiger partial charge is 0.223 e. The van der Waals surface area contributed by atoms with E-state index in [0.717, 1.165) is 27.5 Å². The molecule has 110 valence electrons. The second-order valence-electron chi connectivity index (χ2n) is 4.78. The van der Waals surface area contributed by atoms with Crippen LogP contribution in [-0.4, -0.2) is 26.1 Å². The van der Waals surface area contributed by atoms with Gasteiger partial charge in [0.15, 0.2) is 10.9 Å². The van der Waals surface area contributed by atoms with Gasteiger partial charge in [-0.05, 0) is 12.1 Å². The van der Waals surface area contributed by atoms with Crippen molar-refractivity contribution in [3.8, 4) is 27.6 Å². The van der Waals surface area contributed by atoms with Crippen LogP contribution in [0.5, 0.6) is 5.75 Å². The molecule has 0 fully saturated rings. The third-order valence-electron chi connectivity index (χ3n) is 3.22. The quantitative estimate of drug-likeness (QED) is 0.758. The Morgan fingerprint density at radius 2 is 2.41 bits per heavy atom. The standard InChI is InChI=1S/C14H11N5O2S/c1-7(20)16-14-17-9-6-21-12-10(8-3-2-4-15-5-8)18-19-11(12)13(9)22-14/h2-5H,6H2,1H3,(H,18,19)(H,16,17,20). The van der Waals surface area contributed by atoms with E-state index in [2.05, 4.69) is 25.5 Å². The lowest BCUT2D eigenvalue weighted by molar-refractivity contribution is -0.114. The number of fused-ring (bicyclic) bond motifs is 3. The van der Waals surface area contributed by atoms with Gasteiger partial charge in [-0.15, -0.1) is 0 Å². The van der Waals surface area contributed by atoms with Gasteiger partial charge in [0.2, 0.25) is 5.91 Å². The van der Waals surface area contributed by atoms with Crippen LogP contribution in [0.15, 0.2) is 24.5 Å². The van der Waals surface area contributed by atoms with E-state index in [1.165, 1.54) is 18.3 Å². The number of carbonyl (C=O) groups excluding carboxylic acids is 1. The minimum atomic E-state index is -0.145. The van der Waals surface area contributed by atoms with E-state index in [1.807, 2.05) is 12.1 Å². The fraction of sp³-hybridized carbons (Fsp3) is 0.143. The lowest BCUT2D eigenvalue weighted by Gasteiger charge is -2.12. The Morgan fingerprint density at radius 3 is 3.18 bits per heavy atom. The maximum absolute atomic E-state index is 11.2. The molecule has 0 bridgehead atoms. The number of H-pyrrole nitrogens is 1. The minimum Gasteiger partial charge on any atom is -0.483 e. The molecular formula is C14H11N5O2S. The van der Waals surface area contributed by atoms with Crippen LogP contribution in [-0.2, 0) is 11.4 Å². The number of pyridine rings is 1. The topological polar surface area (TPSA) is 92.8 Å². The van der Waals surface area contributed by atoms with E-state index >= 15 is 0 Å². The number of rotatable bonds is 2. The van der Waals surface area contributed by atoms with Crippen LogP contribution in [0, 0.1) is 0 Å². The molecule has 0 atom stereocenters. The van der Waals surface area contributed by atoms with Crippen molar-refractivity contribution in [1.29, 1.82) is 0 Å². The van der Waals surface area contributed by atoms with Crippen molar-refractivity contribution in [2.75, 3.05) is 5.32 Å². The van der Waals surface area contributed by atoms with Crippen LogP contribution in [0.4, 0.5) is 5.13 Å². The van der Waals surface area contributed by atoms with Gasteiger partial charge in [-0.25, -0.2) is 4.98 Å². The summed E-state index contributed by atoms with van der Waals surface area (Å²) in [5.74, 6) is 0.548. The second-order valence-corrected chi connectivity index (χ2v) is 5.78. The van der Waals surface area contributed by atoms with Gasteiger partial charge in [0.25, 0.3) is 0 Å². The van der Waals surface area contributed by atoms with Gasteiger partial charge >= 0.3 is 0 Å². The summed E-state index contributed by atoms with van der Waals surface area (Å²) < 4.78 is 5.80. The number of nitrogens with zero attached hydrogens (tertiary/aromatic N) is 3. The maximum atomic E-state index is 11.2. The molecule has 7 nitrogen and oxygen atoms in total. The third kappa shape index (κ3) is 2.04. The monoisotopic (exact) mass is 313 g/mol. The van der Waals surface area contributed by atoms with Gasteiger partial charge in [0.1, 0.15) is 23.7 Å². The Kier molecular flexibility index (Phi) is 2.90. The predicted octanol–water partition coefficient (Wildman–Crippen LogP) is 2.45. The summed E-state index contributed by atoms with van der Waals surface area (Å²) in [6, 6.07) is 3.78. The molecule has 0 unspecified atom stereocenters. The number of ether oxygens (including phenoxy) is 1. The molecule has 0 saturated heterocycles. The fourth-order valence-electron chi connectivity index (χ4n) is 2.31. The number of aromatic nitrogens is 4. The Balaban J connectivity index is 1.78. The summed E-state index contributed by atoms with van der Waals surface area (Å²) in [6.07, 6.45) is 3.45. The van der Waals surface area contributed by atoms with Crippen molar-refractivity contribution >= 4 is 22.4 Å². The summed E-state index contributed by atoms with van der Waals surface area (Å²) in [5.41, 5.74) is 3.19. The molecule has 1 amide bonds. The first kappa shape index (κ1) is 13.0. The second kappa shape index (κ2) is 4.92. The molecule has 0 spiro atoms. The predicted molar refractivity (Wildman–Crippen MR) is 81.6 cm³/mol. The van der Waals surface area contributed by atoms with Crippen LogP contribution in [0.3, 0.4) is 0 Å². The number of anilines is 1. The Morgan fingerprint density at radius 1 is 1.50 bits per heavy atom. The average Bonchev–Trinajstić information content (AvgIpc) is 3.10. The van der Waals surface area contributed by atoms with E-state index in [1.54, 1.807) is 12.4 Å². The zero-order valence-corrected chi connectivity index (χ0v) is 12.4.